The monoisotopic (exact) mass is 449 g/mol. The molecule has 1 saturated heterocycles. The second-order valence-electron chi connectivity index (χ2n) is 8.91. The summed E-state index contributed by atoms with van der Waals surface area (Å²) in [6, 6.07) is 15.8. The van der Waals surface area contributed by atoms with Gasteiger partial charge in [-0.3, -0.25) is 9.59 Å². The average molecular weight is 450 g/mol. The Kier molecular flexibility index (Phi) is 5.92. The van der Waals surface area contributed by atoms with Crippen LogP contribution in [0.5, 0.6) is 0 Å². The molecule has 166 valence electrons. The number of nitrogens with zero attached hydrogens (tertiary/aromatic N) is 2. The van der Waals surface area contributed by atoms with Gasteiger partial charge in [-0.15, -0.1) is 0 Å². The first-order valence-corrected chi connectivity index (χ1v) is 12.0. The highest BCUT2D eigenvalue weighted by atomic mass is 35.5. The number of halogens is 1. The van der Waals surface area contributed by atoms with E-state index in [1.54, 1.807) is 0 Å². The van der Waals surface area contributed by atoms with E-state index in [2.05, 4.69) is 28.2 Å². The number of rotatable bonds is 4. The van der Waals surface area contributed by atoms with Crippen LogP contribution in [0.15, 0.2) is 54.7 Å². The summed E-state index contributed by atoms with van der Waals surface area (Å²) in [5, 5.41) is 5.15. The number of nitrogens with one attached hydrogen (secondary N) is 1. The largest absolute Gasteiger partial charge is 0.347 e. The number of carbonyl (C=O) groups excluding carboxylic acids is 2. The summed E-state index contributed by atoms with van der Waals surface area (Å²) in [6.45, 7) is 0.754. The molecule has 0 spiro atoms. The minimum Gasteiger partial charge on any atom is -0.347 e. The van der Waals surface area contributed by atoms with Crippen molar-refractivity contribution in [2.24, 2.45) is 0 Å². The highest BCUT2D eigenvalue weighted by Crippen LogP contribution is 2.33. The summed E-state index contributed by atoms with van der Waals surface area (Å²) < 4.78 is 2.29. The van der Waals surface area contributed by atoms with E-state index in [1.807, 2.05) is 41.3 Å². The summed E-state index contributed by atoms with van der Waals surface area (Å²) in [6.07, 6.45) is 8.97. The van der Waals surface area contributed by atoms with E-state index in [0.717, 1.165) is 66.7 Å². The van der Waals surface area contributed by atoms with Crippen LogP contribution in [-0.2, 0) is 4.79 Å². The molecule has 0 bridgehead atoms. The Morgan fingerprint density at radius 1 is 0.969 bits per heavy atom. The molecule has 32 heavy (non-hydrogen) atoms. The number of hydrogen-bond donors (Lipinski definition) is 1. The summed E-state index contributed by atoms with van der Waals surface area (Å²) in [4.78, 5) is 27.1. The van der Waals surface area contributed by atoms with Gasteiger partial charge < -0.3 is 14.8 Å². The molecule has 1 N–H and O–H groups in total. The Balaban J connectivity index is 1.32. The van der Waals surface area contributed by atoms with E-state index in [4.69, 9.17) is 11.6 Å². The number of hydrogen-bond acceptors (Lipinski definition) is 2. The van der Waals surface area contributed by atoms with Crippen LogP contribution in [0.1, 0.15) is 61.3 Å². The van der Waals surface area contributed by atoms with Crippen LogP contribution in [0, 0.1) is 0 Å². The number of amides is 2. The van der Waals surface area contributed by atoms with Crippen LogP contribution in [-0.4, -0.2) is 29.0 Å². The molecular weight excluding hydrogens is 422 g/mol. The van der Waals surface area contributed by atoms with E-state index in [-0.39, 0.29) is 23.9 Å². The highest BCUT2D eigenvalue weighted by Gasteiger charge is 2.29. The van der Waals surface area contributed by atoms with Crippen LogP contribution in [0.4, 0.5) is 5.69 Å². The van der Waals surface area contributed by atoms with Crippen molar-refractivity contribution in [3.8, 4) is 0 Å². The molecule has 1 aromatic heterocycles. The van der Waals surface area contributed by atoms with E-state index < -0.39 is 0 Å². The molecule has 2 heterocycles. The van der Waals surface area contributed by atoms with Gasteiger partial charge in [0.1, 0.15) is 0 Å². The smallest absolute Gasteiger partial charge is 0.251 e. The molecule has 2 unspecified atom stereocenters. The van der Waals surface area contributed by atoms with Gasteiger partial charge in [0.25, 0.3) is 5.91 Å². The lowest BCUT2D eigenvalue weighted by Gasteiger charge is -2.34. The second kappa shape index (κ2) is 8.99. The van der Waals surface area contributed by atoms with Crippen molar-refractivity contribution in [3.63, 3.8) is 0 Å². The number of fused-ring (bicyclic) bond motifs is 1. The lowest BCUT2D eigenvalue weighted by molar-refractivity contribution is -0.119. The van der Waals surface area contributed by atoms with Gasteiger partial charge >= 0.3 is 0 Å². The fourth-order valence-corrected chi connectivity index (χ4v) is 5.34. The van der Waals surface area contributed by atoms with Crippen LogP contribution >= 0.6 is 11.6 Å². The first-order valence-electron chi connectivity index (χ1n) is 11.6. The van der Waals surface area contributed by atoms with Crippen molar-refractivity contribution in [1.29, 1.82) is 0 Å². The lowest BCUT2D eigenvalue weighted by Crippen LogP contribution is -2.43. The van der Waals surface area contributed by atoms with Crippen molar-refractivity contribution in [3.05, 3.63) is 65.3 Å². The molecule has 2 aliphatic rings. The van der Waals surface area contributed by atoms with Crippen LogP contribution in [0.25, 0.3) is 10.9 Å². The molecule has 1 aliphatic carbocycles. The molecule has 2 amide bonds. The van der Waals surface area contributed by atoms with Gasteiger partial charge in [0.15, 0.2) is 0 Å². The van der Waals surface area contributed by atoms with Crippen molar-refractivity contribution < 1.29 is 9.59 Å². The van der Waals surface area contributed by atoms with Gasteiger partial charge in [-0.2, -0.15) is 0 Å². The topological polar surface area (TPSA) is 54.3 Å². The first kappa shape index (κ1) is 21.1. The number of anilines is 1. The maximum absolute atomic E-state index is 13.1. The normalized spacial score (nSPS) is 21.7. The number of carbonyl (C=O) groups is 2. The van der Waals surface area contributed by atoms with Gasteiger partial charge in [0.2, 0.25) is 5.91 Å². The Bertz CT molecular complexity index is 1140. The molecule has 1 aliphatic heterocycles. The van der Waals surface area contributed by atoms with Gasteiger partial charge in [-0.05, 0) is 74.2 Å². The van der Waals surface area contributed by atoms with Gasteiger partial charge in [0, 0.05) is 52.4 Å². The van der Waals surface area contributed by atoms with Crippen molar-refractivity contribution in [1.82, 2.24) is 9.88 Å². The minimum absolute atomic E-state index is 0.0575. The first-order chi connectivity index (χ1) is 15.6. The quantitative estimate of drug-likeness (QED) is 0.553. The Hall–Kier alpha value is -2.79. The fourth-order valence-electron chi connectivity index (χ4n) is 5.16. The molecule has 3 aromatic rings. The molecule has 5 rings (SSSR count). The van der Waals surface area contributed by atoms with Crippen LogP contribution < -0.4 is 10.2 Å². The zero-order valence-corrected chi connectivity index (χ0v) is 18.9. The highest BCUT2D eigenvalue weighted by molar-refractivity contribution is 6.31. The number of piperidine rings is 1. The van der Waals surface area contributed by atoms with E-state index in [1.165, 1.54) is 0 Å². The molecule has 6 heteroatoms. The lowest BCUT2D eigenvalue weighted by atomic mass is 9.89. The summed E-state index contributed by atoms with van der Waals surface area (Å²) >= 11 is 6.16. The summed E-state index contributed by atoms with van der Waals surface area (Å²) in [5.74, 6) is 0.108. The maximum atomic E-state index is 13.1. The zero-order chi connectivity index (χ0) is 22.1. The molecule has 2 atom stereocenters. The zero-order valence-electron chi connectivity index (χ0n) is 18.1. The summed E-state index contributed by atoms with van der Waals surface area (Å²) in [7, 11) is 0. The second-order valence-corrected chi connectivity index (χ2v) is 9.34. The Labute approximate surface area is 193 Å². The maximum Gasteiger partial charge on any atom is 0.251 e. The van der Waals surface area contributed by atoms with E-state index in [9.17, 15) is 9.59 Å². The Morgan fingerprint density at radius 2 is 1.78 bits per heavy atom. The van der Waals surface area contributed by atoms with Gasteiger partial charge in [0.05, 0.1) is 6.04 Å². The fraction of sp³-hybridized carbons (Fsp3) is 0.385. The SMILES string of the molecule is O=C(NC1CCCCC1n1ccc2cc(Cl)ccc21)c1ccc(N2CCCCC2=O)cc1. The third kappa shape index (κ3) is 4.14. The third-order valence-electron chi connectivity index (χ3n) is 6.85. The minimum atomic E-state index is -0.0575. The van der Waals surface area contributed by atoms with Crippen LogP contribution in [0.2, 0.25) is 5.02 Å². The van der Waals surface area contributed by atoms with Crippen molar-refractivity contribution in [2.45, 2.75) is 57.0 Å². The van der Waals surface area contributed by atoms with E-state index >= 15 is 0 Å². The molecule has 5 nitrogen and oxygen atoms in total. The molecule has 0 radical (unpaired) electrons. The molecule has 1 saturated carbocycles. The van der Waals surface area contributed by atoms with Gasteiger partial charge in [-0.1, -0.05) is 24.4 Å². The number of aromatic nitrogens is 1. The van der Waals surface area contributed by atoms with Crippen LogP contribution in [0.3, 0.4) is 0 Å². The standard InChI is InChI=1S/C26H28ClN3O2/c27-20-10-13-23-19(17-20)14-16-30(23)24-6-2-1-5-22(24)28-26(32)18-8-11-21(12-9-18)29-15-4-3-7-25(29)31/h8-14,16-17,22,24H,1-7,15H2,(H,28,32). The van der Waals surface area contributed by atoms with Crippen molar-refractivity contribution >= 4 is 40.0 Å². The Morgan fingerprint density at radius 3 is 2.59 bits per heavy atom. The molecule has 2 aromatic carbocycles. The van der Waals surface area contributed by atoms with E-state index in [0.29, 0.717) is 12.0 Å². The number of benzene rings is 2. The third-order valence-corrected chi connectivity index (χ3v) is 7.09. The summed E-state index contributed by atoms with van der Waals surface area (Å²) in [5.41, 5.74) is 2.65. The molecule has 2 fully saturated rings. The molecular formula is C26H28ClN3O2. The van der Waals surface area contributed by atoms with Gasteiger partial charge in [-0.25, -0.2) is 0 Å². The predicted octanol–water partition coefficient (Wildman–Crippen LogP) is 5.73. The van der Waals surface area contributed by atoms with Crippen molar-refractivity contribution in [2.75, 3.05) is 11.4 Å². The predicted molar refractivity (Wildman–Crippen MR) is 128 cm³/mol. The average Bonchev–Trinajstić information content (AvgIpc) is 3.23.